The summed E-state index contributed by atoms with van der Waals surface area (Å²) in [6.45, 7) is 0. The molecule has 0 unspecified atom stereocenters. The molecule has 0 bridgehead atoms. The van der Waals surface area contributed by atoms with Crippen LogP contribution in [0.5, 0.6) is 5.75 Å². The van der Waals surface area contributed by atoms with Gasteiger partial charge in [-0.25, -0.2) is 5.48 Å². The van der Waals surface area contributed by atoms with Crippen molar-refractivity contribution < 1.29 is 4.84 Å². The van der Waals surface area contributed by atoms with Crippen LogP contribution < -0.4 is 10.3 Å². The minimum atomic E-state index is 0.890. The number of hydroxylamine groups is 1. The number of nitrogens with one attached hydrogen (secondary N) is 1. The van der Waals surface area contributed by atoms with Crippen molar-refractivity contribution in [2.24, 2.45) is 0 Å². The molecule has 0 aromatic heterocycles. The molecule has 0 spiro atoms. The average Bonchev–Trinajstić information content (AvgIpc) is 2.18. The lowest BCUT2D eigenvalue weighted by Gasteiger charge is -2.17. The Morgan fingerprint density at radius 3 is 3.00 bits per heavy atom. The number of alkyl halides is 1. The van der Waals surface area contributed by atoms with Gasteiger partial charge in [-0.15, -0.1) is 0 Å². The van der Waals surface area contributed by atoms with E-state index in [2.05, 4.69) is 27.5 Å². The molecule has 1 aromatic carbocycles. The highest BCUT2D eigenvalue weighted by atomic mass is 79.9. The van der Waals surface area contributed by atoms with Crippen molar-refractivity contribution in [3.8, 4) is 5.75 Å². The highest BCUT2D eigenvalue weighted by Crippen LogP contribution is 2.24. The maximum atomic E-state index is 5.35. The van der Waals surface area contributed by atoms with Gasteiger partial charge in [0.25, 0.3) is 0 Å². The SMILES string of the molecule is BrCCC1=Cc2ccccc2ON1. The third-order valence-electron chi connectivity index (χ3n) is 1.90. The summed E-state index contributed by atoms with van der Waals surface area (Å²) in [6.07, 6.45) is 3.06. The number of hydrogen-bond acceptors (Lipinski definition) is 2. The van der Waals surface area contributed by atoms with E-state index in [9.17, 15) is 0 Å². The number of rotatable bonds is 2. The smallest absolute Gasteiger partial charge is 0.162 e. The van der Waals surface area contributed by atoms with Crippen LogP contribution in [-0.4, -0.2) is 5.33 Å². The Bertz CT molecular complexity index is 335. The molecule has 1 aliphatic heterocycles. The van der Waals surface area contributed by atoms with Gasteiger partial charge in [-0.2, -0.15) is 0 Å². The average molecular weight is 240 g/mol. The minimum absolute atomic E-state index is 0.890. The van der Waals surface area contributed by atoms with E-state index >= 15 is 0 Å². The molecule has 0 fully saturated rings. The molecule has 2 nitrogen and oxygen atoms in total. The van der Waals surface area contributed by atoms with Crippen molar-refractivity contribution in [1.29, 1.82) is 0 Å². The van der Waals surface area contributed by atoms with Crippen LogP contribution in [-0.2, 0) is 0 Å². The maximum Gasteiger partial charge on any atom is 0.162 e. The molecule has 1 aromatic rings. The van der Waals surface area contributed by atoms with Crippen LogP contribution in [0.2, 0.25) is 0 Å². The zero-order valence-corrected chi connectivity index (χ0v) is 8.67. The first-order valence-corrected chi connectivity index (χ1v) is 5.31. The summed E-state index contributed by atoms with van der Waals surface area (Å²) in [5.74, 6) is 0.890. The molecule has 0 amide bonds. The third-order valence-corrected chi connectivity index (χ3v) is 2.30. The summed E-state index contributed by atoms with van der Waals surface area (Å²) < 4.78 is 0. The first kappa shape index (κ1) is 8.63. The highest BCUT2D eigenvalue weighted by Gasteiger charge is 2.08. The molecule has 0 saturated carbocycles. The van der Waals surface area contributed by atoms with Crippen LogP contribution in [0.1, 0.15) is 12.0 Å². The first-order chi connectivity index (χ1) is 6.40. The van der Waals surface area contributed by atoms with Gasteiger partial charge in [-0.1, -0.05) is 34.1 Å². The zero-order chi connectivity index (χ0) is 9.10. The first-order valence-electron chi connectivity index (χ1n) is 4.18. The maximum absolute atomic E-state index is 5.35. The molecule has 13 heavy (non-hydrogen) atoms. The molecule has 1 N–H and O–H groups in total. The Kier molecular flexibility index (Phi) is 2.54. The van der Waals surface area contributed by atoms with Gasteiger partial charge in [-0.05, 0) is 12.1 Å². The van der Waals surface area contributed by atoms with Gasteiger partial charge < -0.3 is 4.84 Å². The monoisotopic (exact) mass is 239 g/mol. The molecule has 0 radical (unpaired) electrons. The molecule has 1 heterocycles. The van der Waals surface area contributed by atoms with E-state index in [-0.39, 0.29) is 0 Å². The number of hydrogen-bond donors (Lipinski definition) is 1. The van der Waals surface area contributed by atoms with E-state index in [0.29, 0.717) is 0 Å². The van der Waals surface area contributed by atoms with Crippen molar-refractivity contribution in [3.63, 3.8) is 0 Å². The van der Waals surface area contributed by atoms with Gasteiger partial charge in [0.2, 0.25) is 0 Å². The highest BCUT2D eigenvalue weighted by molar-refractivity contribution is 9.09. The van der Waals surface area contributed by atoms with E-state index in [4.69, 9.17) is 4.84 Å². The molecule has 2 rings (SSSR count). The number of para-hydroxylation sites is 1. The molecular weight excluding hydrogens is 230 g/mol. The van der Waals surface area contributed by atoms with Gasteiger partial charge in [0.15, 0.2) is 5.75 Å². The summed E-state index contributed by atoms with van der Waals surface area (Å²) in [4.78, 5) is 5.35. The summed E-state index contributed by atoms with van der Waals surface area (Å²) in [6, 6.07) is 7.97. The van der Waals surface area contributed by atoms with Gasteiger partial charge >= 0.3 is 0 Å². The van der Waals surface area contributed by atoms with E-state index in [1.807, 2.05) is 24.3 Å². The van der Waals surface area contributed by atoms with Crippen LogP contribution in [0, 0.1) is 0 Å². The summed E-state index contributed by atoms with van der Waals surface area (Å²) in [5.41, 5.74) is 5.15. The Hall–Kier alpha value is -0.960. The zero-order valence-electron chi connectivity index (χ0n) is 7.09. The topological polar surface area (TPSA) is 21.3 Å². The molecular formula is C10H10BrNO. The fourth-order valence-corrected chi connectivity index (χ4v) is 1.68. The largest absolute Gasteiger partial charge is 0.382 e. The van der Waals surface area contributed by atoms with Gasteiger partial charge in [0.1, 0.15) is 0 Å². The van der Waals surface area contributed by atoms with Crippen molar-refractivity contribution in [3.05, 3.63) is 35.5 Å². The van der Waals surface area contributed by atoms with Crippen LogP contribution in [0.15, 0.2) is 30.0 Å². The molecule has 1 aliphatic rings. The van der Waals surface area contributed by atoms with Crippen LogP contribution in [0.3, 0.4) is 0 Å². The van der Waals surface area contributed by atoms with Crippen LogP contribution in [0.4, 0.5) is 0 Å². The minimum Gasteiger partial charge on any atom is -0.382 e. The van der Waals surface area contributed by atoms with E-state index in [1.54, 1.807) is 0 Å². The second-order valence-corrected chi connectivity index (χ2v) is 3.64. The Morgan fingerprint density at radius 1 is 1.31 bits per heavy atom. The lowest BCUT2D eigenvalue weighted by molar-refractivity contribution is 0.222. The lowest BCUT2D eigenvalue weighted by atomic mass is 10.1. The number of allylic oxidation sites excluding steroid dienone is 1. The predicted molar refractivity (Wildman–Crippen MR) is 56.6 cm³/mol. The van der Waals surface area contributed by atoms with Crippen molar-refractivity contribution in [2.75, 3.05) is 5.33 Å². The molecule has 0 atom stereocenters. The summed E-state index contributed by atoms with van der Waals surface area (Å²) in [5, 5.41) is 0.942. The lowest BCUT2D eigenvalue weighted by Crippen LogP contribution is -2.21. The number of halogens is 1. The quantitative estimate of drug-likeness (QED) is 0.802. The van der Waals surface area contributed by atoms with Crippen LogP contribution in [0.25, 0.3) is 6.08 Å². The standard InChI is InChI=1S/C10H10BrNO/c11-6-5-9-7-8-3-1-2-4-10(8)13-12-9/h1-4,7,12H,5-6H2. The molecule has 0 aliphatic carbocycles. The van der Waals surface area contributed by atoms with Gasteiger partial charge in [-0.3, -0.25) is 0 Å². The normalized spacial score (nSPS) is 13.8. The van der Waals surface area contributed by atoms with Crippen molar-refractivity contribution >= 4 is 22.0 Å². The molecule has 0 saturated heterocycles. The van der Waals surface area contributed by atoms with E-state index in [1.165, 1.54) is 0 Å². The Labute approximate surface area is 85.7 Å². The predicted octanol–water partition coefficient (Wildman–Crippen LogP) is 2.71. The molecule has 68 valence electrons. The second kappa shape index (κ2) is 3.83. The fourth-order valence-electron chi connectivity index (χ4n) is 1.26. The number of benzene rings is 1. The van der Waals surface area contributed by atoms with Crippen molar-refractivity contribution in [2.45, 2.75) is 6.42 Å². The second-order valence-electron chi connectivity index (χ2n) is 2.85. The summed E-state index contributed by atoms with van der Waals surface area (Å²) >= 11 is 3.39. The van der Waals surface area contributed by atoms with E-state index in [0.717, 1.165) is 28.8 Å². The molecule has 3 heteroatoms. The number of fused-ring (bicyclic) bond motifs is 1. The van der Waals surface area contributed by atoms with Gasteiger partial charge in [0, 0.05) is 17.3 Å². The fraction of sp³-hybridized carbons (Fsp3) is 0.200. The van der Waals surface area contributed by atoms with Crippen molar-refractivity contribution in [1.82, 2.24) is 5.48 Å². The van der Waals surface area contributed by atoms with Crippen LogP contribution >= 0.6 is 15.9 Å². The Balaban J connectivity index is 2.28. The van der Waals surface area contributed by atoms with E-state index < -0.39 is 0 Å². The summed E-state index contributed by atoms with van der Waals surface area (Å²) in [7, 11) is 0. The Morgan fingerprint density at radius 2 is 2.15 bits per heavy atom. The van der Waals surface area contributed by atoms with Gasteiger partial charge in [0.05, 0.1) is 5.70 Å². The third kappa shape index (κ3) is 1.86.